The first kappa shape index (κ1) is 12.4. The Balaban J connectivity index is 2.07. The Morgan fingerprint density at radius 3 is 2.71 bits per heavy atom. The number of benzene rings is 2. The molecular formula is C21H18. The van der Waals surface area contributed by atoms with Crippen LogP contribution >= 0.6 is 0 Å². The highest BCUT2D eigenvalue weighted by Gasteiger charge is 2.25. The topological polar surface area (TPSA) is 0 Å². The molecule has 0 heterocycles. The van der Waals surface area contributed by atoms with Crippen LogP contribution in [-0.2, 0) is 6.42 Å². The highest BCUT2D eigenvalue weighted by molar-refractivity contribution is 6.03. The summed E-state index contributed by atoms with van der Waals surface area (Å²) in [5.41, 5.74) is 7.30. The highest BCUT2D eigenvalue weighted by Crippen LogP contribution is 2.44. The minimum Gasteiger partial charge on any atom is -0.0835 e. The van der Waals surface area contributed by atoms with Crippen molar-refractivity contribution in [3.63, 3.8) is 0 Å². The second-order valence-electron chi connectivity index (χ2n) is 5.70. The molecule has 102 valence electrons. The van der Waals surface area contributed by atoms with Crippen molar-refractivity contribution in [2.75, 3.05) is 0 Å². The van der Waals surface area contributed by atoms with E-state index in [0.29, 0.717) is 0 Å². The fourth-order valence-electron chi connectivity index (χ4n) is 3.53. The lowest BCUT2D eigenvalue weighted by Crippen LogP contribution is -1.91. The van der Waals surface area contributed by atoms with E-state index in [1.807, 2.05) is 0 Å². The number of allylic oxidation sites excluding steroid dienone is 8. The van der Waals surface area contributed by atoms with Crippen molar-refractivity contribution in [1.82, 2.24) is 0 Å². The maximum atomic E-state index is 2.30. The summed E-state index contributed by atoms with van der Waals surface area (Å²) in [4.78, 5) is 0. The molecule has 0 nitrogen and oxygen atoms in total. The number of hydrogen-bond acceptors (Lipinski definition) is 0. The summed E-state index contributed by atoms with van der Waals surface area (Å²) in [5, 5.41) is 2.72. The van der Waals surface area contributed by atoms with Gasteiger partial charge in [0.1, 0.15) is 0 Å². The van der Waals surface area contributed by atoms with E-state index in [-0.39, 0.29) is 0 Å². The van der Waals surface area contributed by atoms with E-state index in [1.165, 1.54) is 38.6 Å². The van der Waals surface area contributed by atoms with Crippen LogP contribution in [0.1, 0.15) is 24.5 Å². The second-order valence-corrected chi connectivity index (χ2v) is 5.70. The third-order valence-corrected chi connectivity index (χ3v) is 4.52. The summed E-state index contributed by atoms with van der Waals surface area (Å²) in [5.74, 6) is 0. The van der Waals surface area contributed by atoms with Crippen LogP contribution < -0.4 is 0 Å². The maximum Gasteiger partial charge on any atom is -0.00164 e. The van der Waals surface area contributed by atoms with Gasteiger partial charge in [-0.3, -0.25) is 0 Å². The van der Waals surface area contributed by atoms with Gasteiger partial charge in [-0.1, -0.05) is 66.8 Å². The van der Waals surface area contributed by atoms with Crippen molar-refractivity contribution in [3.8, 4) is 0 Å². The second kappa shape index (κ2) is 4.89. The van der Waals surface area contributed by atoms with Gasteiger partial charge in [0.25, 0.3) is 0 Å². The third kappa shape index (κ3) is 1.91. The van der Waals surface area contributed by atoms with Crippen molar-refractivity contribution in [2.24, 2.45) is 0 Å². The summed E-state index contributed by atoms with van der Waals surface area (Å²) in [6, 6.07) is 13.3. The van der Waals surface area contributed by atoms with Crippen LogP contribution in [0.3, 0.4) is 0 Å². The van der Waals surface area contributed by atoms with E-state index in [2.05, 4.69) is 73.7 Å². The molecule has 0 saturated heterocycles. The molecule has 2 aromatic carbocycles. The monoisotopic (exact) mass is 270 g/mol. The molecule has 2 aromatic rings. The molecule has 0 aromatic heterocycles. The molecule has 0 radical (unpaired) electrons. The quantitative estimate of drug-likeness (QED) is 0.583. The van der Waals surface area contributed by atoms with Crippen LogP contribution in [0.15, 0.2) is 77.9 Å². The molecule has 0 atom stereocenters. The Kier molecular flexibility index (Phi) is 2.89. The van der Waals surface area contributed by atoms with Gasteiger partial charge < -0.3 is 0 Å². The SMILES string of the molecule is C/C=C1/Cc2ccc3ccccc3c2/C1=C1\C=CC=CC1. The molecule has 0 unspecified atom stereocenters. The van der Waals surface area contributed by atoms with Crippen molar-refractivity contribution < 1.29 is 0 Å². The zero-order chi connectivity index (χ0) is 14.2. The van der Waals surface area contributed by atoms with Gasteiger partial charge >= 0.3 is 0 Å². The number of rotatable bonds is 0. The Hall–Kier alpha value is -2.34. The van der Waals surface area contributed by atoms with Crippen molar-refractivity contribution >= 4 is 16.3 Å². The molecule has 4 rings (SSSR count). The summed E-state index contributed by atoms with van der Waals surface area (Å²) in [6.45, 7) is 2.16. The van der Waals surface area contributed by atoms with Crippen molar-refractivity contribution in [1.29, 1.82) is 0 Å². The minimum absolute atomic E-state index is 1.03. The van der Waals surface area contributed by atoms with Gasteiger partial charge in [0.2, 0.25) is 0 Å². The fraction of sp³-hybridized carbons (Fsp3) is 0.143. The molecule has 0 fully saturated rings. The van der Waals surface area contributed by atoms with Gasteiger partial charge in [-0.2, -0.15) is 0 Å². The molecular weight excluding hydrogens is 252 g/mol. The smallest absolute Gasteiger partial charge is 0.00164 e. The zero-order valence-corrected chi connectivity index (χ0v) is 12.3. The van der Waals surface area contributed by atoms with E-state index >= 15 is 0 Å². The fourth-order valence-corrected chi connectivity index (χ4v) is 3.53. The molecule has 0 N–H and O–H groups in total. The standard InChI is InChI=1S/C21H18/c1-2-15-14-18-13-12-16-8-6-7-11-19(16)21(18)20(15)17-9-4-3-5-10-17/h2-9,11-13H,10,14H2,1H3/b15-2-,20-17+. The molecule has 0 bridgehead atoms. The van der Waals surface area contributed by atoms with Gasteiger partial charge in [-0.05, 0) is 58.4 Å². The maximum absolute atomic E-state index is 2.30. The number of hydrogen-bond donors (Lipinski definition) is 0. The summed E-state index contributed by atoms with van der Waals surface area (Å²) in [7, 11) is 0. The molecule has 0 saturated carbocycles. The summed E-state index contributed by atoms with van der Waals surface area (Å²) < 4.78 is 0. The molecule has 2 aliphatic carbocycles. The molecule has 21 heavy (non-hydrogen) atoms. The lowest BCUT2D eigenvalue weighted by Gasteiger charge is -2.13. The average molecular weight is 270 g/mol. The van der Waals surface area contributed by atoms with E-state index < -0.39 is 0 Å². The van der Waals surface area contributed by atoms with E-state index in [9.17, 15) is 0 Å². The van der Waals surface area contributed by atoms with Crippen LogP contribution in [0.2, 0.25) is 0 Å². The number of fused-ring (bicyclic) bond motifs is 3. The Morgan fingerprint density at radius 1 is 1.00 bits per heavy atom. The predicted molar refractivity (Wildman–Crippen MR) is 91.2 cm³/mol. The molecule has 0 amide bonds. The van der Waals surface area contributed by atoms with E-state index in [4.69, 9.17) is 0 Å². The Morgan fingerprint density at radius 2 is 1.90 bits per heavy atom. The molecule has 2 aliphatic rings. The van der Waals surface area contributed by atoms with Crippen LogP contribution in [0.4, 0.5) is 0 Å². The first-order chi connectivity index (χ1) is 10.4. The molecule has 0 spiro atoms. The van der Waals surface area contributed by atoms with Crippen LogP contribution in [0.5, 0.6) is 0 Å². The van der Waals surface area contributed by atoms with Gasteiger partial charge in [-0.25, -0.2) is 0 Å². The third-order valence-electron chi connectivity index (χ3n) is 4.52. The first-order valence-electron chi connectivity index (χ1n) is 7.61. The van der Waals surface area contributed by atoms with Crippen LogP contribution in [0.25, 0.3) is 16.3 Å². The summed E-state index contributed by atoms with van der Waals surface area (Å²) in [6.07, 6.45) is 13.2. The summed E-state index contributed by atoms with van der Waals surface area (Å²) >= 11 is 0. The van der Waals surface area contributed by atoms with Gasteiger partial charge in [-0.15, -0.1) is 0 Å². The van der Waals surface area contributed by atoms with E-state index in [0.717, 1.165) is 12.8 Å². The minimum atomic E-state index is 1.03. The lowest BCUT2D eigenvalue weighted by molar-refractivity contribution is 1.24. The largest absolute Gasteiger partial charge is 0.0835 e. The lowest BCUT2D eigenvalue weighted by atomic mass is 9.91. The van der Waals surface area contributed by atoms with Crippen LogP contribution in [0, 0.1) is 0 Å². The van der Waals surface area contributed by atoms with Gasteiger partial charge in [0, 0.05) is 0 Å². The molecule has 0 heteroatoms. The molecule has 0 aliphatic heterocycles. The highest BCUT2D eigenvalue weighted by atomic mass is 14.3. The van der Waals surface area contributed by atoms with Crippen LogP contribution in [-0.4, -0.2) is 0 Å². The Bertz CT molecular complexity index is 841. The van der Waals surface area contributed by atoms with E-state index in [1.54, 1.807) is 0 Å². The zero-order valence-electron chi connectivity index (χ0n) is 12.3. The van der Waals surface area contributed by atoms with Crippen molar-refractivity contribution in [2.45, 2.75) is 19.8 Å². The predicted octanol–water partition coefficient (Wildman–Crippen LogP) is 5.61. The normalized spacial score (nSPS) is 22.2. The van der Waals surface area contributed by atoms with Crippen molar-refractivity contribution in [3.05, 3.63) is 89.1 Å². The Labute approximate surface area is 125 Å². The first-order valence-corrected chi connectivity index (χ1v) is 7.61. The average Bonchev–Trinajstić information content (AvgIpc) is 2.94. The van der Waals surface area contributed by atoms with Gasteiger partial charge in [0.05, 0.1) is 0 Å². The van der Waals surface area contributed by atoms with Gasteiger partial charge in [0.15, 0.2) is 0 Å².